The number of likely N-dealkylation sites (tertiary alicyclic amines) is 1. The number of ether oxygens (including phenoxy) is 2. The molecule has 1 fully saturated rings. The van der Waals surface area contributed by atoms with Gasteiger partial charge < -0.3 is 19.4 Å². The normalized spacial score (nSPS) is 13.5. The maximum atomic E-state index is 13.3. The molecule has 1 saturated heterocycles. The number of carbonyl (C=O) groups is 2. The van der Waals surface area contributed by atoms with E-state index < -0.39 is 11.7 Å². The van der Waals surface area contributed by atoms with Crippen LogP contribution in [0.4, 0.5) is 0 Å². The molecule has 1 aliphatic heterocycles. The number of methoxy groups -OCH3 is 2. The van der Waals surface area contributed by atoms with Gasteiger partial charge in [-0.05, 0) is 30.5 Å². The van der Waals surface area contributed by atoms with Gasteiger partial charge in [-0.15, -0.1) is 0 Å². The number of hydrogen-bond donors (Lipinski definition) is 1. The number of aromatic nitrogens is 3. The molecule has 0 spiro atoms. The molecule has 0 aliphatic carbocycles. The predicted molar refractivity (Wildman–Crippen MR) is 135 cm³/mol. The zero-order valence-electron chi connectivity index (χ0n) is 20.2. The zero-order chi connectivity index (χ0) is 25.1. The van der Waals surface area contributed by atoms with Crippen molar-refractivity contribution < 1.29 is 24.0 Å². The van der Waals surface area contributed by atoms with Crippen molar-refractivity contribution >= 4 is 28.2 Å². The highest BCUT2D eigenvalue weighted by atomic mass is 16.5. The van der Waals surface area contributed by atoms with Crippen LogP contribution in [0.25, 0.3) is 16.5 Å². The maximum Gasteiger partial charge on any atom is 0.391 e. The van der Waals surface area contributed by atoms with Gasteiger partial charge in [-0.1, -0.05) is 42.0 Å². The second-order valence-electron chi connectivity index (χ2n) is 8.52. The number of benzene rings is 1. The molecule has 1 aliphatic rings. The SMILES string of the molecule is COc1[nH+]cc(OC)c2c(C(=O)C(=O)N3CCC(=C(c4ccccc4)c4ccccn4)CC3)c[nH]c12. The zero-order valence-corrected chi connectivity index (χ0v) is 20.2. The third-order valence-corrected chi connectivity index (χ3v) is 6.54. The molecule has 4 heterocycles. The molecule has 182 valence electrons. The Bertz CT molecular complexity index is 1390. The first-order chi connectivity index (χ1) is 17.6. The fourth-order valence-corrected chi connectivity index (χ4v) is 4.77. The number of nitrogens with one attached hydrogen (secondary N) is 2. The minimum atomic E-state index is -0.576. The molecule has 5 rings (SSSR count). The van der Waals surface area contributed by atoms with Gasteiger partial charge in [0.25, 0.3) is 11.7 Å². The first-order valence-corrected chi connectivity index (χ1v) is 11.8. The summed E-state index contributed by atoms with van der Waals surface area (Å²) in [6.45, 7) is 0.916. The monoisotopic (exact) mass is 483 g/mol. The summed E-state index contributed by atoms with van der Waals surface area (Å²) in [6.07, 6.45) is 6.27. The number of aromatic amines is 2. The lowest BCUT2D eigenvalue weighted by atomic mass is 9.90. The second-order valence-corrected chi connectivity index (χ2v) is 8.52. The summed E-state index contributed by atoms with van der Waals surface area (Å²) in [5.74, 6) is -0.195. The van der Waals surface area contributed by atoms with Crippen LogP contribution < -0.4 is 14.5 Å². The van der Waals surface area contributed by atoms with E-state index in [1.807, 2.05) is 36.4 Å². The van der Waals surface area contributed by atoms with Gasteiger partial charge in [0.15, 0.2) is 11.3 Å². The molecular formula is C28H27N4O4+. The van der Waals surface area contributed by atoms with Crippen molar-refractivity contribution in [1.29, 1.82) is 0 Å². The van der Waals surface area contributed by atoms with Crippen molar-refractivity contribution in [3.8, 4) is 11.6 Å². The van der Waals surface area contributed by atoms with E-state index in [-0.39, 0.29) is 5.56 Å². The van der Waals surface area contributed by atoms with Gasteiger partial charge >= 0.3 is 5.88 Å². The Morgan fingerprint density at radius 2 is 1.75 bits per heavy atom. The highest BCUT2D eigenvalue weighted by Crippen LogP contribution is 2.33. The van der Waals surface area contributed by atoms with Crippen molar-refractivity contribution in [2.24, 2.45) is 0 Å². The number of fused-ring (bicyclic) bond motifs is 1. The van der Waals surface area contributed by atoms with Gasteiger partial charge in [0.1, 0.15) is 0 Å². The third kappa shape index (κ3) is 4.22. The molecule has 36 heavy (non-hydrogen) atoms. The van der Waals surface area contributed by atoms with Crippen LogP contribution in [0.15, 0.2) is 72.7 Å². The number of nitrogens with zero attached hydrogens (tertiary/aromatic N) is 2. The van der Waals surface area contributed by atoms with Gasteiger partial charge in [0.05, 0.1) is 30.9 Å². The fraction of sp³-hybridized carbons (Fsp3) is 0.214. The Labute approximate surface area is 208 Å². The quantitative estimate of drug-likeness (QED) is 0.333. The highest BCUT2D eigenvalue weighted by molar-refractivity contribution is 6.45. The molecule has 0 radical (unpaired) electrons. The van der Waals surface area contributed by atoms with Crippen molar-refractivity contribution in [2.75, 3.05) is 27.3 Å². The van der Waals surface area contributed by atoms with Crippen LogP contribution in [0.3, 0.4) is 0 Å². The summed E-state index contributed by atoms with van der Waals surface area (Å²) in [5.41, 5.74) is 5.16. The number of ketones is 1. The van der Waals surface area contributed by atoms with E-state index in [1.54, 1.807) is 17.3 Å². The Balaban J connectivity index is 1.41. The Morgan fingerprint density at radius 1 is 1.00 bits per heavy atom. The number of pyridine rings is 2. The number of Topliss-reactive ketones (excluding diaryl/α,β-unsaturated/α-hetero) is 1. The van der Waals surface area contributed by atoms with E-state index in [0.717, 1.165) is 16.8 Å². The summed E-state index contributed by atoms with van der Waals surface area (Å²) in [6, 6.07) is 16.1. The molecule has 2 N–H and O–H groups in total. The number of hydrogen-bond acceptors (Lipinski definition) is 5. The Morgan fingerprint density at radius 3 is 2.42 bits per heavy atom. The van der Waals surface area contributed by atoms with Crippen molar-refractivity contribution in [1.82, 2.24) is 14.9 Å². The van der Waals surface area contributed by atoms with Gasteiger partial charge in [-0.2, -0.15) is 4.98 Å². The number of amides is 1. The average molecular weight is 484 g/mol. The lowest BCUT2D eigenvalue weighted by Gasteiger charge is -2.29. The smallest absolute Gasteiger partial charge is 0.391 e. The van der Waals surface area contributed by atoms with Crippen molar-refractivity contribution in [2.45, 2.75) is 12.8 Å². The maximum absolute atomic E-state index is 13.3. The van der Waals surface area contributed by atoms with Crippen LogP contribution in [0.1, 0.15) is 34.5 Å². The Hall–Kier alpha value is -4.46. The van der Waals surface area contributed by atoms with Crippen LogP contribution in [-0.2, 0) is 4.79 Å². The molecule has 0 atom stereocenters. The molecule has 0 saturated carbocycles. The van der Waals surface area contributed by atoms with E-state index in [9.17, 15) is 9.59 Å². The summed E-state index contributed by atoms with van der Waals surface area (Å²) in [7, 11) is 3.04. The number of carbonyl (C=O) groups excluding carboxylic acids is 2. The summed E-state index contributed by atoms with van der Waals surface area (Å²) in [4.78, 5) is 38.8. The molecule has 1 aromatic carbocycles. The number of H-pyrrole nitrogens is 2. The van der Waals surface area contributed by atoms with Crippen molar-refractivity contribution in [3.05, 3.63) is 89.5 Å². The summed E-state index contributed by atoms with van der Waals surface area (Å²) < 4.78 is 10.8. The van der Waals surface area contributed by atoms with E-state index in [4.69, 9.17) is 9.47 Å². The molecule has 4 aromatic rings. The van der Waals surface area contributed by atoms with Crippen LogP contribution in [0, 0.1) is 0 Å². The molecule has 8 heteroatoms. The number of piperidine rings is 1. The van der Waals surface area contributed by atoms with Crippen molar-refractivity contribution in [3.63, 3.8) is 0 Å². The first kappa shape index (κ1) is 23.3. The minimum absolute atomic E-state index is 0.263. The molecular weight excluding hydrogens is 456 g/mol. The second kappa shape index (κ2) is 10.0. The third-order valence-electron chi connectivity index (χ3n) is 6.54. The number of rotatable bonds is 6. The Kier molecular flexibility index (Phi) is 6.49. The topological polar surface area (TPSA) is 98.7 Å². The highest BCUT2D eigenvalue weighted by Gasteiger charge is 2.31. The van der Waals surface area contributed by atoms with Crippen LogP contribution >= 0.6 is 0 Å². The fourth-order valence-electron chi connectivity index (χ4n) is 4.77. The van der Waals surface area contributed by atoms with E-state index in [0.29, 0.717) is 48.5 Å². The molecule has 8 nitrogen and oxygen atoms in total. The van der Waals surface area contributed by atoms with Crippen LogP contribution in [-0.4, -0.2) is 53.9 Å². The molecule has 0 bridgehead atoms. The van der Waals surface area contributed by atoms with Gasteiger partial charge in [-0.3, -0.25) is 14.6 Å². The van der Waals surface area contributed by atoms with Gasteiger partial charge in [-0.25, -0.2) is 0 Å². The standard InChI is InChI=1S/C28H26N4O4/c1-35-22-17-31-27(36-2)25-24(22)20(16-30-25)26(33)28(34)32-14-11-19(12-15-32)23(18-8-4-3-5-9-18)21-10-6-7-13-29-21/h3-10,13,16-17,30H,11-12,14-15H2,1-2H3/p+1. The molecule has 1 amide bonds. The first-order valence-electron chi connectivity index (χ1n) is 11.8. The molecule has 0 unspecified atom stereocenters. The average Bonchev–Trinajstić information content (AvgIpc) is 3.39. The largest absolute Gasteiger partial charge is 0.490 e. The van der Waals surface area contributed by atoms with E-state index >= 15 is 0 Å². The van der Waals surface area contributed by atoms with Crippen LogP contribution in [0.2, 0.25) is 0 Å². The molecule has 3 aromatic heterocycles. The minimum Gasteiger partial charge on any atom is -0.490 e. The lowest BCUT2D eigenvalue weighted by molar-refractivity contribution is -0.391. The van der Waals surface area contributed by atoms with E-state index in [2.05, 4.69) is 27.1 Å². The van der Waals surface area contributed by atoms with Gasteiger partial charge in [0, 0.05) is 31.1 Å². The lowest BCUT2D eigenvalue weighted by Crippen LogP contribution is -2.40. The van der Waals surface area contributed by atoms with Crippen LogP contribution in [0.5, 0.6) is 11.6 Å². The van der Waals surface area contributed by atoms with E-state index in [1.165, 1.54) is 26.0 Å². The predicted octanol–water partition coefficient (Wildman–Crippen LogP) is 3.70. The summed E-state index contributed by atoms with van der Waals surface area (Å²) in [5, 5.41) is 0.519. The summed E-state index contributed by atoms with van der Waals surface area (Å²) >= 11 is 0. The van der Waals surface area contributed by atoms with Gasteiger partial charge in [0.2, 0.25) is 6.20 Å².